The van der Waals surface area contributed by atoms with Gasteiger partial charge in [-0.15, -0.1) is 0 Å². The van der Waals surface area contributed by atoms with Gasteiger partial charge < -0.3 is 18.9 Å². The fraction of sp³-hybridized carbons (Fsp3) is 0.368. The Morgan fingerprint density at radius 3 is 2.63 bits per heavy atom. The molecule has 2 aromatic heterocycles. The van der Waals surface area contributed by atoms with E-state index in [2.05, 4.69) is 47.1 Å². The van der Waals surface area contributed by atoms with Gasteiger partial charge in [-0.2, -0.15) is 0 Å². The zero-order chi connectivity index (χ0) is 19.1. The molecule has 0 N–H and O–H groups in total. The molecule has 0 saturated carbocycles. The molecule has 1 saturated heterocycles. The first-order valence-electron chi connectivity index (χ1n) is 8.88. The minimum Gasteiger partial charge on any atom is -0.368 e. The lowest BCUT2D eigenvalue weighted by atomic mass is 10.1. The Labute approximate surface area is 156 Å². The molecule has 0 aliphatic carbocycles. The third-order valence-corrected chi connectivity index (χ3v) is 5.03. The van der Waals surface area contributed by atoms with E-state index < -0.39 is 0 Å². The van der Waals surface area contributed by atoms with Crippen LogP contribution in [0.3, 0.4) is 0 Å². The summed E-state index contributed by atoms with van der Waals surface area (Å²) >= 11 is 0. The number of carbonyl (C=O) groups is 1. The second-order valence-corrected chi connectivity index (χ2v) is 6.94. The van der Waals surface area contributed by atoms with Gasteiger partial charge in [0.2, 0.25) is 0 Å². The zero-order valence-electron chi connectivity index (χ0n) is 15.6. The largest absolute Gasteiger partial charge is 0.368 e. The number of piperazine rings is 1. The van der Waals surface area contributed by atoms with E-state index >= 15 is 0 Å². The molecule has 3 heterocycles. The summed E-state index contributed by atoms with van der Waals surface area (Å²) in [5, 5.41) is 3.96. The molecule has 1 aliphatic heterocycles. The number of carbonyl (C=O) groups excluding carboxylic acids is 1. The molecule has 0 unspecified atom stereocenters. The summed E-state index contributed by atoms with van der Waals surface area (Å²) in [5.41, 5.74) is 3.43. The Bertz CT molecular complexity index is 1080. The van der Waals surface area contributed by atoms with Crippen molar-refractivity contribution in [3.8, 4) is 0 Å². The fourth-order valence-electron chi connectivity index (χ4n) is 3.44. The first-order chi connectivity index (χ1) is 13.0. The smallest absolute Gasteiger partial charge is 0.277 e. The molecule has 1 aromatic carbocycles. The van der Waals surface area contributed by atoms with Gasteiger partial charge in [-0.25, -0.2) is 4.98 Å². The predicted molar refractivity (Wildman–Crippen MR) is 101 cm³/mol. The SMILES string of the molecule is Cc1ccc(C)c(N2CCN(C(=O)c3noc4ncn(C)c(=O)c34)CC2)c1. The van der Waals surface area contributed by atoms with Crippen LogP contribution in [0.15, 0.2) is 33.8 Å². The quantitative estimate of drug-likeness (QED) is 0.682. The van der Waals surface area contributed by atoms with Crippen LogP contribution in [0, 0.1) is 13.8 Å². The van der Waals surface area contributed by atoms with Crippen molar-refractivity contribution >= 4 is 22.7 Å². The van der Waals surface area contributed by atoms with Crippen LogP contribution in [0.25, 0.3) is 11.1 Å². The van der Waals surface area contributed by atoms with E-state index in [1.54, 1.807) is 11.9 Å². The molecule has 0 bridgehead atoms. The number of anilines is 1. The van der Waals surface area contributed by atoms with Crippen molar-refractivity contribution in [2.75, 3.05) is 31.1 Å². The van der Waals surface area contributed by atoms with Gasteiger partial charge in [0, 0.05) is 38.9 Å². The number of amides is 1. The Morgan fingerprint density at radius 2 is 1.89 bits per heavy atom. The minimum atomic E-state index is -0.335. The van der Waals surface area contributed by atoms with Crippen LogP contribution in [-0.4, -0.2) is 51.7 Å². The molecule has 8 heteroatoms. The van der Waals surface area contributed by atoms with Gasteiger partial charge >= 0.3 is 0 Å². The maximum absolute atomic E-state index is 12.9. The summed E-state index contributed by atoms with van der Waals surface area (Å²) in [5.74, 6) is -0.292. The highest BCUT2D eigenvalue weighted by molar-refractivity contribution is 6.03. The maximum Gasteiger partial charge on any atom is 0.277 e. The maximum atomic E-state index is 12.9. The molecule has 1 fully saturated rings. The number of aryl methyl sites for hydroxylation is 3. The molecule has 3 aromatic rings. The Morgan fingerprint density at radius 1 is 1.15 bits per heavy atom. The van der Waals surface area contributed by atoms with Crippen LogP contribution in [-0.2, 0) is 7.05 Å². The van der Waals surface area contributed by atoms with E-state index in [4.69, 9.17) is 4.52 Å². The first-order valence-corrected chi connectivity index (χ1v) is 8.88. The van der Waals surface area contributed by atoms with Gasteiger partial charge in [-0.05, 0) is 31.0 Å². The molecule has 8 nitrogen and oxygen atoms in total. The number of rotatable bonds is 2. The molecule has 4 rings (SSSR count). The van der Waals surface area contributed by atoms with Crippen molar-refractivity contribution in [3.63, 3.8) is 0 Å². The highest BCUT2D eigenvalue weighted by atomic mass is 16.5. The summed E-state index contributed by atoms with van der Waals surface area (Å²) in [6, 6.07) is 6.39. The van der Waals surface area contributed by atoms with E-state index in [9.17, 15) is 9.59 Å². The van der Waals surface area contributed by atoms with Crippen molar-refractivity contribution < 1.29 is 9.32 Å². The number of nitrogens with zero attached hydrogens (tertiary/aromatic N) is 5. The molecular formula is C19H21N5O3. The topological polar surface area (TPSA) is 84.5 Å². The van der Waals surface area contributed by atoms with Gasteiger partial charge in [-0.1, -0.05) is 17.3 Å². The lowest BCUT2D eigenvalue weighted by Crippen LogP contribution is -2.49. The average Bonchev–Trinajstić information content (AvgIpc) is 3.11. The number of hydrogen-bond acceptors (Lipinski definition) is 6. The van der Waals surface area contributed by atoms with Crippen molar-refractivity contribution in [1.29, 1.82) is 0 Å². The van der Waals surface area contributed by atoms with Crippen LogP contribution in [0.4, 0.5) is 5.69 Å². The highest BCUT2D eigenvalue weighted by Crippen LogP contribution is 2.23. The second-order valence-electron chi connectivity index (χ2n) is 6.94. The molecule has 1 aliphatic rings. The molecule has 27 heavy (non-hydrogen) atoms. The molecule has 0 radical (unpaired) electrons. The summed E-state index contributed by atoms with van der Waals surface area (Å²) in [6.45, 7) is 6.73. The molecule has 0 atom stereocenters. The van der Waals surface area contributed by atoms with Crippen molar-refractivity contribution in [2.24, 2.45) is 7.05 Å². The van der Waals surface area contributed by atoms with E-state index in [-0.39, 0.29) is 28.3 Å². The highest BCUT2D eigenvalue weighted by Gasteiger charge is 2.28. The first kappa shape index (κ1) is 17.3. The number of benzene rings is 1. The van der Waals surface area contributed by atoms with Gasteiger partial charge in [0.15, 0.2) is 5.69 Å². The Hall–Kier alpha value is -3.16. The molecule has 140 valence electrons. The minimum absolute atomic E-state index is 0.0406. The molecular weight excluding hydrogens is 346 g/mol. The van der Waals surface area contributed by atoms with Crippen LogP contribution in [0.2, 0.25) is 0 Å². The lowest BCUT2D eigenvalue weighted by Gasteiger charge is -2.36. The van der Waals surface area contributed by atoms with Crippen molar-refractivity contribution in [1.82, 2.24) is 19.6 Å². The monoisotopic (exact) mass is 367 g/mol. The number of aromatic nitrogens is 3. The standard InChI is InChI=1S/C19H21N5O3/c1-12-4-5-13(2)14(10-12)23-6-8-24(9-7-23)19(26)16-15-17(27-21-16)20-11-22(3)18(15)25/h4-5,10-11H,6-9H2,1-3H3. The summed E-state index contributed by atoms with van der Waals surface area (Å²) in [4.78, 5) is 33.3. The second kappa shape index (κ2) is 6.53. The number of fused-ring (bicyclic) bond motifs is 1. The van der Waals surface area contributed by atoms with Gasteiger partial charge in [0.1, 0.15) is 11.7 Å². The predicted octanol–water partition coefficient (Wildman–Crippen LogP) is 1.50. The van der Waals surface area contributed by atoms with Gasteiger partial charge in [0.25, 0.3) is 17.2 Å². The summed E-state index contributed by atoms with van der Waals surface area (Å²) in [7, 11) is 1.58. The third-order valence-electron chi connectivity index (χ3n) is 5.03. The van der Waals surface area contributed by atoms with E-state index in [0.29, 0.717) is 13.1 Å². The van der Waals surface area contributed by atoms with Crippen molar-refractivity contribution in [2.45, 2.75) is 13.8 Å². The average molecular weight is 367 g/mol. The third kappa shape index (κ3) is 2.97. The van der Waals surface area contributed by atoms with E-state index in [0.717, 1.165) is 13.1 Å². The Kier molecular flexibility index (Phi) is 4.18. The fourth-order valence-corrected chi connectivity index (χ4v) is 3.44. The van der Waals surface area contributed by atoms with Gasteiger partial charge in [-0.3, -0.25) is 9.59 Å². The summed E-state index contributed by atoms with van der Waals surface area (Å²) < 4.78 is 6.40. The van der Waals surface area contributed by atoms with Crippen LogP contribution in [0.5, 0.6) is 0 Å². The Balaban J connectivity index is 1.55. The lowest BCUT2D eigenvalue weighted by molar-refractivity contribution is 0.0738. The van der Waals surface area contributed by atoms with Gasteiger partial charge in [0.05, 0.1) is 0 Å². The van der Waals surface area contributed by atoms with Crippen LogP contribution in [0.1, 0.15) is 21.6 Å². The van der Waals surface area contributed by atoms with E-state index in [1.165, 1.54) is 27.7 Å². The van der Waals surface area contributed by atoms with Crippen LogP contribution >= 0.6 is 0 Å². The normalized spacial score (nSPS) is 14.8. The zero-order valence-corrected chi connectivity index (χ0v) is 15.6. The molecule has 1 amide bonds. The van der Waals surface area contributed by atoms with Crippen LogP contribution < -0.4 is 10.5 Å². The van der Waals surface area contributed by atoms with Crippen molar-refractivity contribution in [3.05, 3.63) is 51.7 Å². The molecule has 0 spiro atoms. The van der Waals surface area contributed by atoms with E-state index in [1.807, 2.05) is 0 Å². The number of hydrogen-bond donors (Lipinski definition) is 0. The summed E-state index contributed by atoms with van der Waals surface area (Å²) in [6.07, 6.45) is 1.35.